The van der Waals surface area contributed by atoms with Crippen LogP contribution in [0, 0.1) is 0 Å². The summed E-state index contributed by atoms with van der Waals surface area (Å²) in [6.07, 6.45) is 0.412. The molecule has 5 heteroatoms. The van der Waals surface area contributed by atoms with Gasteiger partial charge in [-0.05, 0) is 30.7 Å². The number of hydrogen-bond acceptors (Lipinski definition) is 2. The lowest BCUT2D eigenvalue weighted by molar-refractivity contribution is -0.0420. The SMILES string of the molecule is COc1ccc(C2CCNCC2(F)F)cc1Cl. The van der Waals surface area contributed by atoms with Gasteiger partial charge in [0.2, 0.25) is 0 Å². The van der Waals surface area contributed by atoms with E-state index in [1.54, 1.807) is 18.2 Å². The molecule has 0 spiro atoms. The fourth-order valence-electron chi connectivity index (χ4n) is 2.15. The number of methoxy groups -OCH3 is 1. The summed E-state index contributed by atoms with van der Waals surface area (Å²) in [6.45, 7) is 0.325. The lowest BCUT2D eigenvalue weighted by atomic mass is 9.87. The van der Waals surface area contributed by atoms with Crippen LogP contribution in [-0.4, -0.2) is 26.1 Å². The summed E-state index contributed by atoms with van der Waals surface area (Å²) in [5.74, 6) is -2.99. The molecule has 1 fully saturated rings. The van der Waals surface area contributed by atoms with Crippen LogP contribution in [0.25, 0.3) is 0 Å². The first-order valence-corrected chi connectivity index (χ1v) is 5.84. The molecule has 0 aromatic heterocycles. The van der Waals surface area contributed by atoms with Crippen molar-refractivity contribution in [2.45, 2.75) is 18.3 Å². The Morgan fingerprint density at radius 1 is 1.47 bits per heavy atom. The van der Waals surface area contributed by atoms with E-state index >= 15 is 0 Å². The van der Waals surface area contributed by atoms with Crippen LogP contribution in [0.3, 0.4) is 0 Å². The van der Waals surface area contributed by atoms with E-state index in [0.717, 1.165) is 0 Å². The third-order valence-corrected chi connectivity index (χ3v) is 3.35. The summed E-state index contributed by atoms with van der Waals surface area (Å²) >= 11 is 5.96. The first-order valence-electron chi connectivity index (χ1n) is 5.46. The number of nitrogens with one attached hydrogen (secondary N) is 1. The molecule has 1 aliphatic rings. The van der Waals surface area contributed by atoms with E-state index in [0.29, 0.717) is 29.3 Å². The summed E-state index contributed by atoms with van der Waals surface area (Å²) in [4.78, 5) is 0. The fourth-order valence-corrected chi connectivity index (χ4v) is 2.41. The molecular formula is C12H14ClF2NO. The number of halogens is 3. The lowest BCUT2D eigenvalue weighted by Gasteiger charge is -2.32. The predicted octanol–water partition coefficient (Wildman–Crippen LogP) is 3.06. The summed E-state index contributed by atoms with van der Waals surface area (Å²) in [6, 6.07) is 4.87. The number of piperidine rings is 1. The number of benzene rings is 1. The van der Waals surface area contributed by atoms with Crippen LogP contribution < -0.4 is 10.1 Å². The average Bonchev–Trinajstić information content (AvgIpc) is 2.28. The molecule has 1 heterocycles. The molecule has 2 rings (SSSR count). The van der Waals surface area contributed by atoms with Gasteiger partial charge in [0.1, 0.15) is 5.75 Å². The van der Waals surface area contributed by atoms with Crippen molar-refractivity contribution < 1.29 is 13.5 Å². The molecule has 2 nitrogen and oxygen atoms in total. The minimum absolute atomic E-state index is 0.276. The quantitative estimate of drug-likeness (QED) is 0.884. The molecule has 1 unspecified atom stereocenters. The fraction of sp³-hybridized carbons (Fsp3) is 0.500. The van der Waals surface area contributed by atoms with Gasteiger partial charge in [-0.25, -0.2) is 8.78 Å². The van der Waals surface area contributed by atoms with Crippen LogP contribution in [0.1, 0.15) is 17.9 Å². The van der Waals surface area contributed by atoms with E-state index in [2.05, 4.69) is 5.32 Å². The zero-order valence-corrected chi connectivity index (χ0v) is 10.2. The maximum absolute atomic E-state index is 13.7. The first-order chi connectivity index (χ1) is 8.04. The molecule has 17 heavy (non-hydrogen) atoms. The number of hydrogen-bond donors (Lipinski definition) is 1. The van der Waals surface area contributed by atoms with Crippen molar-refractivity contribution >= 4 is 11.6 Å². The topological polar surface area (TPSA) is 21.3 Å². The Hall–Kier alpha value is -0.870. The Morgan fingerprint density at radius 3 is 2.82 bits per heavy atom. The van der Waals surface area contributed by atoms with Crippen LogP contribution in [0.5, 0.6) is 5.75 Å². The molecule has 0 bridgehead atoms. The van der Waals surface area contributed by atoms with Gasteiger partial charge in [0, 0.05) is 0 Å². The Labute approximate surface area is 104 Å². The molecule has 1 aromatic rings. The highest BCUT2D eigenvalue weighted by molar-refractivity contribution is 6.32. The smallest absolute Gasteiger partial charge is 0.267 e. The van der Waals surface area contributed by atoms with Crippen molar-refractivity contribution in [2.75, 3.05) is 20.2 Å². The molecule has 0 amide bonds. The standard InChI is InChI=1S/C12H14ClF2NO/c1-17-11-3-2-8(6-10(11)13)9-4-5-16-7-12(9,14)15/h2-3,6,9,16H,4-5,7H2,1H3. The van der Waals surface area contributed by atoms with E-state index < -0.39 is 11.8 Å². The predicted molar refractivity (Wildman–Crippen MR) is 63.2 cm³/mol. The second-order valence-corrected chi connectivity index (χ2v) is 4.58. The molecular weight excluding hydrogens is 248 g/mol. The van der Waals surface area contributed by atoms with Crippen molar-refractivity contribution in [3.63, 3.8) is 0 Å². The molecule has 94 valence electrons. The number of ether oxygens (including phenoxy) is 1. The van der Waals surface area contributed by atoms with E-state index in [4.69, 9.17) is 16.3 Å². The van der Waals surface area contributed by atoms with Gasteiger partial charge in [-0.3, -0.25) is 0 Å². The number of rotatable bonds is 2. The lowest BCUT2D eigenvalue weighted by Crippen LogP contribution is -2.44. The first kappa shape index (κ1) is 12.6. The minimum atomic E-state index is -2.73. The molecule has 1 aliphatic heterocycles. The van der Waals surface area contributed by atoms with Crippen LogP contribution >= 0.6 is 11.6 Å². The molecule has 1 atom stereocenters. The summed E-state index contributed by atoms with van der Waals surface area (Å²) in [7, 11) is 1.50. The van der Waals surface area contributed by atoms with Crippen molar-refractivity contribution in [3.05, 3.63) is 28.8 Å². The van der Waals surface area contributed by atoms with Gasteiger partial charge in [-0.15, -0.1) is 0 Å². The van der Waals surface area contributed by atoms with Crippen molar-refractivity contribution in [1.82, 2.24) is 5.32 Å². The van der Waals surface area contributed by atoms with Gasteiger partial charge in [0.05, 0.1) is 24.6 Å². The van der Waals surface area contributed by atoms with Crippen LogP contribution in [0.4, 0.5) is 8.78 Å². The van der Waals surface area contributed by atoms with E-state index in [1.807, 2.05) is 0 Å². The third kappa shape index (κ3) is 2.53. The van der Waals surface area contributed by atoms with Gasteiger partial charge in [0.15, 0.2) is 0 Å². The molecule has 1 aromatic carbocycles. The van der Waals surface area contributed by atoms with Crippen molar-refractivity contribution in [3.8, 4) is 5.75 Å². The maximum atomic E-state index is 13.7. The van der Waals surface area contributed by atoms with Crippen LogP contribution in [-0.2, 0) is 0 Å². The third-order valence-electron chi connectivity index (χ3n) is 3.06. The highest BCUT2D eigenvalue weighted by Crippen LogP contribution is 2.39. The molecule has 0 radical (unpaired) electrons. The van der Waals surface area contributed by atoms with E-state index in [1.165, 1.54) is 7.11 Å². The van der Waals surface area contributed by atoms with E-state index in [9.17, 15) is 8.78 Å². The average molecular weight is 262 g/mol. The Morgan fingerprint density at radius 2 is 2.24 bits per heavy atom. The summed E-state index contributed by atoms with van der Waals surface area (Å²) < 4.78 is 32.5. The zero-order valence-electron chi connectivity index (χ0n) is 9.47. The van der Waals surface area contributed by atoms with Crippen LogP contribution in [0.15, 0.2) is 18.2 Å². The highest BCUT2D eigenvalue weighted by atomic mass is 35.5. The molecule has 1 N–H and O–H groups in total. The molecule has 0 saturated carbocycles. The van der Waals surface area contributed by atoms with Gasteiger partial charge >= 0.3 is 0 Å². The van der Waals surface area contributed by atoms with Gasteiger partial charge in [-0.1, -0.05) is 17.7 Å². The Kier molecular flexibility index (Phi) is 3.54. The second-order valence-electron chi connectivity index (χ2n) is 4.17. The van der Waals surface area contributed by atoms with Crippen molar-refractivity contribution in [1.29, 1.82) is 0 Å². The largest absolute Gasteiger partial charge is 0.495 e. The van der Waals surface area contributed by atoms with E-state index in [-0.39, 0.29) is 6.54 Å². The molecule has 1 saturated heterocycles. The summed E-state index contributed by atoms with van der Waals surface area (Å²) in [5, 5.41) is 3.08. The monoisotopic (exact) mass is 261 g/mol. The summed E-state index contributed by atoms with van der Waals surface area (Å²) in [5.41, 5.74) is 0.572. The van der Waals surface area contributed by atoms with Crippen LogP contribution in [0.2, 0.25) is 5.02 Å². The molecule has 0 aliphatic carbocycles. The van der Waals surface area contributed by atoms with Crippen molar-refractivity contribution in [2.24, 2.45) is 0 Å². The maximum Gasteiger partial charge on any atom is 0.267 e. The zero-order chi connectivity index (χ0) is 12.5. The minimum Gasteiger partial charge on any atom is -0.495 e. The highest BCUT2D eigenvalue weighted by Gasteiger charge is 2.42. The Balaban J connectivity index is 2.30. The van der Waals surface area contributed by atoms with Gasteiger partial charge < -0.3 is 10.1 Å². The second kappa shape index (κ2) is 4.78. The Bertz CT molecular complexity index is 411. The van der Waals surface area contributed by atoms with Gasteiger partial charge in [0.25, 0.3) is 5.92 Å². The van der Waals surface area contributed by atoms with Gasteiger partial charge in [-0.2, -0.15) is 0 Å². The number of alkyl halides is 2. The normalized spacial score (nSPS) is 23.4.